The molecule has 0 spiro atoms. The molecule has 2 aliphatic rings. The standard InChI is InChI=1S/C22H26N2O4/c1-14-17(7-8-28-14)19(26)23-16-6-4-5-15(9-16)20(27)24-10-18-21(2,3)11-22(18,12-24)13-25/h4-9,18,25H,10-13H2,1-3H3,(H,23,26)/t18-,22-/m1/s1. The molecule has 2 aromatic rings. The third kappa shape index (κ3) is 2.92. The molecular formula is C22H26N2O4. The number of anilines is 1. The van der Waals surface area contributed by atoms with Crippen molar-refractivity contribution >= 4 is 17.5 Å². The van der Waals surface area contributed by atoms with Crippen molar-refractivity contribution in [1.29, 1.82) is 0 Å². The number of aliphatic hydroxyl groups is 1. The van der Waals surface area contributed by atoms with Gasteiger partial charge in [0.25, 0.3) is 11.8 Å². The van der Waals surface area contributed by atoms with Crippen molar-refractivity contribution in [2.45, 2.75) is 27.2 Å². The molecule has 1 saturated heterocycles. The highest BCUT2D eigenvalue weighted by molar-refractivity contribution is 6.05. The minimum absolute atomic E-state index is 0.0615. The smallest absolute Gasteiger partial charge is 0.259 e. The van der Waals surface area contributed by atoms with E-state index in [2.05, 4.69) is 19.2 Å². The number of carbonyl (C=O) groups is 2. The number of furan rings is 1. The van der Waals surface area contributed by atoms with Gasteiger partial charge in [0.2, 0.25) is 0 Å². The van der Waals surface area contributed by atoms with Gasteiger partial charge >= 0.3 is 0 Å². The molecule has 2 fully saturated rings. The Bertz CT molecular complexity index is 932. The van der Waals surface area contributed by atoms with Crippen molar-refractivity contribution in [3.8, 4) is 0 Å². The van der Waals surface area contributed by atoms with E-state index in [4.69, 9.17) is 4.42 Å². The van der Waals surface area contributed by atoms with Crippen molar-refractivity contribution in [2.75, 3.05) is 25.0 Å². The molecule has 2 heterocycles. The van der Waals surface area contributed by atoms with Crippen molar-refractivity contribution < 1.29 is 19.1 Å². The fourth-order valence-electron chi connectivity index (χ4n) is 5.23. The normalized spacial score (nSPS) is 25.1. The molecule has 0 radical (unpaired) electrons. The summed E-state index contributed by atoms with van der Waals surface area (Å²) in [5, 5.41) is 12.7. The zero-order valence-electron chi connectivity index (χ0n) is 16.5. The number of nitrogens with one attached hydrogen (secondary N) is 1. The highest BCUT2D eigenvalue weighted by Crippen LogP contribution is 2.62. The SMILES string of the molecule is Cc1occc1C(=O)Nc1cccc(C(=O)N2C[C@@H]3C(C)(C)C[C@]3(CO)C2)c1. The molecule has 0 bridgehead atoms. The van der Waals surface area contributed by atoms with E-state index in [9.17, 15) is 14.7 Å². The van der Waals surface area contributed by atoms with E-state index >= 15 is 0 Å². The van der Waals surface area contributed by atoms with E-state index in [1.54, 1.807) is 37.3 Å². The molecule has 1 aromatic heterocycles. The Kier molecular flexibility index (Phi) is 4.34. The Morgan fingerprint density at radius 2 is 2.11 bits per heavy atom. The fourth-order valence-corrected chi connectivity index (χ4v) is 5.23. The summed E-state index contributed by atoms with van der Waals surface area (Å²) < 4.78 is 5.17. The molecule has 1 aromatic carbocycles. The summed E-state index contributed by atoms with van der Waals surface area (Å²) in [5.41, 5.74) is 1.56. The van der Waals surface area contributed by atoms with Crippen molar-refractivity contribution in [3.63, 3.8) is 0 Å². The molecule has 6 heteroatoms. The summed E-state index contributed by atoms with van der Waals surface area (Å²) in [6, 6.07) is 8.61. The molecule has 2 amide bonds. The van der Waals surface area contributed by atoms with Crippen LogP contribution >= 0.6 is 0 Å². The van der Waals surface area contributed by atoms with Gasteiger partial charge in [-0.3, -0.25) is 9.59 Å². The maximum Gasteiger partial charge on any atom is 0.259 e. The molecule has 28 heavy (non-hydrogen) atoms. The predicted molar refractivity (Wildman–Crippen MR) is 105 cm³/mol. The molecule has 1 aliphatic carbocycles. The van der Waals surface area contributed by atoms with Crippen molar-refractivity contribution in [3.05, 3.63) is 53.5 Å². The van der Waals surface area contributed by atoms with E-state index in [1.807, 2.05) is 4.90 Å². The highest BCUT2D eigenvalue weighted by Gasteiger charge is 2.63. The van der Waals surface area contributed by atoms with Gasteiger partial charge < -0.3 is 19.7 Å². The van der Waals surface area contributed by atoms with Gasteiger partial charge in [0, 0.05) is 29.8 Å². The highest BCUT2D eigenvalue weighted by atomic mass is 16.3. The first kappa shape index (κ1) is 18.7. The lowest BCUT2D eigenvalue weighted by molar-refractivity contribution is -0.0977. The largest absolute Gasteiger partial charge is 0.469 e. The van der Waals surface area contributed by atoms with E-state index in [1.165, 1.54) is 6.26 Å². The lowest BCUT2D eigenvalue weighted by Gasteiger charge is -2.55. The number of hydrogen-bond acceptors (Lipinski definition) is 4. The minimum atomic E-state index is -0.268. The fraction of sp³-hybridized carbons (Fsp3) is 0.455. The summed E-state index contributed by atoms with van der Waals surface area (Å²) in [5.74, 6) is 0.541. The van der Waals surface area contributed by atoms with E-state index < -0.39 is 0 Å². The van der Waals surface area contributed by atoms with Gasteiger partial charge in [0.1, 0.15) is 5.76 Å². The van der Waals surface area contributed by atoms with Crippen LogP contribution in [-0.2, 0) is 0 Å². The number of benzene rings is 1. The van der Waals surface area contributed by atoms with Crippen LogP contribution in [0.4, 0.5) is 5.69 Å². The van der Waals surface area contributed by atoms with Crippen LogP contribution in [0.15, 0.2) is 41.0 Å². The van der Waals surface area contributed by atoms with Crippen molar-refractivity contribution in [2.24, 2.45) is 16.7 Å². The van der Waals surface area contributed by atoms with E-state index in [-0.39, 0.29) is 29.3 Å². The summed E-state index contributed by atoms with van der Waals surface area (Å²) in [7, 11) is 0. The first-order valence-electron chi connectivity index (χ1n) is 9.61. The number of hydrogen-bond donors (Lipinski definition) is 2. The lowest BCUT2D eigenvalue weighted by Crippen LogP contribution is -2.54. The van der Waals surface area contributed by atoms with Crippen LogP contribution < -0.4 is 5.32 Å². The minimum Gasteiger partial charge on any atom is -0.469 e. The molecule has 2 atom stereocenters. The predicted octanol–water partition coefficient (Wildman–Crippen LogP) is 3.32. The quantitative estimate of drug-likeness (QED) is 0.850. The lowest BCUT2D eigenvalue weighted by atomic mass is 9.48. The van der Waals surface area contributed by atoms with Crippen LogP contribution in [0.25, 0.3) is 0 Å². The summed E-state index contributed by atoms with van der Waals surface area (Å²) in [4.78, 5) is 27.3. The molecule has 0 unspecified atom stereocenters. The average molecular weight is 382 g/mol. The number of fused-ring (bicyclic) bond motifs is 1. The number of rotatable bonds is 4. The summed E-state index contributed by atoms with van der Waals surface area (Å²) in [6.07, 6.45) is 2.41. The Morgan fingerprint density at radius 1 is 1.32 bits per heavy atom. The van der Waals surface area contributed by atoms with Crippen LogP contribution in [-0.4, -0.2) is 41.5 Å². The van der Waals surface area contributed by atoms with Crippen molar-refractivity contribution in [1.82, 2.24) is 4.90 Å². The van der Waals surface area contributed by atoms with Gasteiger partial charge in [-0.2, -0.15) is 0 Å². The maximum atomic E-state index is 13.1. The third-order valence-corrected chi connectivity index (χ3v) is 6.47. The van der Waals surface area contributed by atoms with Crippen LogP contribution in [0.3, 0.4) is 0 Å². The molecule has 6 nitrogen and oxygen atoms in total. The van der Waals surface area contributed by atoms with Gasteiger partial charge in [-0.25, -0.2) is 0 Å². The van der Waals surface area contributed by atoms with Gasteiger partial charge in [-0.1, -0.05) is 19.9 Å². The Labute approximate surface area is 164 Å². The maximum absolute atomic E-state index is 13.1. The molecule has 148 valence electrons. The van der Waals surface area contributed by atoms with Gasteiger partial charge in [0.05, 0.1) is 18.4 Å². The topological polar surface area (TPSA) is 82.8 Å². The van der Waals surface area contributed by atoms with Crippen LogP contribution in [0.2, 0.25) is 0 Å². The first-order valence-corrected chi connectivity index (χ1v) is 9.61. The van der Waals surface area contributed by atoms with Crippen LogP contribution in [0.1, 0.15) is 46.7 Å². The summed E-state index contributed by atoms with van der Waals surface area (Å²) >= 11 is 0. The number of carbonyl (C=O) groups excluding carboxylic acids is 2. The molecule has 4 rings (SSSR count). The Balaban J connectivity index is 1.50. The van der Waals surface area contributed by atoms with Gasteiger partial charge in [0.15, 0.2) is 0 Å². The second-order valence-electron chi connectivity index (χ2n) is 8.85. The molecule has 1 aliphatic heterocycles. The number of amides is 2. The molecule has 2 N–H and O–H groups in total. The zero-order chi connectivity index (χ0) is 20.1. The second-order valence-corrected chi connectivity index (χ2v) is 8.85. The van der Waals surface area contributed by atoms with Crippen LogP contribution in [0, 0.1) is 23.7 Å². The Hall–Kier alpha value is -2.60. The average Bonchev–Trinajstić information content (AvgIpc) is 3.23. The first-order chi connectivity index (χ1) is 13.3. The monoisotopic (exact) mass is 382 g/mol. The molecular weight excluding hydrogens is 356 g/mol. The zero-order valence-corrected chi connectivity index (χ0v) is 16.5. The third-order valence-electron chi connectivity index (χ3n) is 6.47. The second kappa shape index (κ2) is 6.48. The Morgan fingerprint density at radius 3 is 2.71 bits per heavy atom. The van der Waals surface area contributed by atoms with E-state index in [0.717, 1.165) is 6.42 Å². The van der Waals surface area contributed by atoms with E-state index in [0.29, 0.717) is 41.6 Å². The number of nitrogens with zero attached hydrogens (tertiary/aromatic N) is 1. The number of aryl methyl sites for hydroxylation is 1. The van der Waals surface area contributed by atoms with Gasteiger partial charge in [-0.15, -0.1) is 0 Å². The van der Waals surface area contributed by atoms with Gasteiger partial charge in [-0.05, 0) is 48.9 Å². The number of likely N-dealkylation sites (tertiary alicyclic amines) is 1. The van der Waals surface area contributed by atoms with Crippen LogP contribution in [0.5, 0.6) is 0 Å². The molecule has 1 saturated carbocycles. The summed E-state index contributed by atoms with van der Waals surface area (Å²) in [6.45, 7) is 7.50. The number of aliphatic hydroxyl groups excluding tert-OH is 1.